The standard InChI is InChI=1S/C16H12F3NO2S/c17-16(18,19)13-6-2-4-11(8-13)14(23)20-9-10-3-1-5-12(7-10)15(21)22/h1-8H,9H2,(H,20,23)(H,21,22). The summed E-state index contributed by atoms with van der Waals surface area (Å²) in [5.74, 6) is -1.05. The van der Waals surface area contributed by atoms with Crippen LogP contribution < -0.4 is 5.32 Å². The van der Waals surface area contributed by atoms with Crippen LogP contribution in [0.15, 0.2) is 48.5 Å². The number of hydrogen-bond acceptors (Lipinski definition) is 2. The maximum absolute atomic E-state index is 12.7. The summed E-state index contributed by atoms with van der Waals surface area (Å²) >= 11 is 5.09. The second-order valence-electron chi connectivity index (χ2n) is 4.77. The molecule has 0 aliphatic carbocycles. The second-order valence-corrected chi connectivity index (χ2v) is 5.18. The molecule has 7 heteroatoms. The fourth-order valence-electron chi connectivity index (χ4n) is 1.94. The van der Waals surface area contributed by atoms with Crippen LogP contribution in [0.2, 0.25) is 0 Å². The molecule has 0 atom stereocenters. The van der Waals surface area contributed by atoms with Crippen molar-refractivity contribution in [2.45, 2.75) is 12.7 Å². The van der Waals surface area contributed by atoms with E-state index >= 15 is 0 Å². The van der Waals surface area contributed by atoms with Crippen LogP contribution in [-0.2, 0) is 12.7 Å². The molecule has 2 aromatic rings. The summed E-state index contributed by atoms with van der Waals surface area (Å²) in [6.07, 6.45) is -4.43. The van der Waals surface area contributed by atoms with Crippen molar-refractivity contribution in [2.75, 3.05) is 0 Å². The smallest absolute Gasteiger partial charge is 0.416 e. The van der Waals surface area contributed by atoms with E-state index in [2.05, 4.69) is 5.32 Å². The first kappa shape index (κ1) is 17.0. The summed E-state index contributed by atoms with van der Waals surface area (Å²) in [6, 6.07) is 10.9. The Morgan fingerprint density at radius 3 is 2.39 bits per heavy atom. The van der Waals surface area contributed by atoms with E-state index in [0.717, 1.165) is 12.1 Å². The fraction of sp³-hybridized carbons (Fsp3) is 0.125. The number of carboxylic acid groups (broad SMARTS) is 1. The van der Waals surface area contributed by atoms with Gasteiger partial charge in [-0.05, 0) is 29.8 Å². The van der Waals surface area contributed by atoms with Gasteiger partial charge in [-0.2, -0.15) is 13.2 Å². The fourth-order valence-corrected chi connectivity index (χ4v) is 2.13. The molecule has 23 heavy (non-hydrogen) atoms. The first-order valence-corrected chi connectivity index (χ1v) is 6.96. The van der Waals surface area contributed by atoms with E-state index in [1.54, 1.807) is 12.1 Å². The summed E-state index contributed by atoms with van der Waals surface area (Å²) in [7, 11) is 0. The number of carboxylic acids is 1. The van der Waals surface area contributed by atoms with E-state index < -0.39 is 17.7 Å². The van der Waals surface area contributed by atoms with Crippen molar-refractivity contribution in [3.8, 4) is 0 Å². The number of hydrogen-bond donors (Lipinski definition) is 2. The lowest BCUT2D eigenvalue weighted by Crippen LogP contribution is -2.22. The zero-order chi connectivity index (χ0) is 17.0. The molecule has 2 aromatic carbocycles. The molecule has 0 fully saturated rings. The van der Waals surface area contributed by atoms with Gasteiger partial charge in [-0.3, -0.25) is 0 Å². The lowest BCUT2D eigenvalue weighted by Gasteiger charge is -2.11. The average molecular weight is 339 g/mol. The van der Waals surface area contributed by atoms with Gasteiger partial charge in [0.15, 0.2) is 0 Å². The van der Waals surface area contributed by atoms with E-state index in [1.807, 2.05) is 0 Å². The van der Waals surface area contributed by atoms with Crippen molar-refractivity contribution in [1.29, 1.82) is 0 Å². The molecule has 2 N–H and O–H groups in total. The minimum atomic E-state index is -4.43. The third kappa shape index (κ3) is 4.53. The second kappa shape index (κ2) is 6.78. The Hall–Kier alpha value is -2.41. The predicted molar refractivity (Wildman–Crippen MR) is 83.4 cm³/mol. The molecule has 0 spiro atoms. The summed E-state index contributed by atoms with van der Waals surface area (Å²) in [5, 5.41) is 11.7. The normalized spacial score (nSPS) is 11.1. The molecule has 0 unspecified atom stereocenters. The lowest BCUT2D eigenvalue weighted by molar-refractivity contribution is -0.137. The van der Waals surface area contributed by atoms with Crippen LogP contribution in [0.25, 0.3) is 0 Å². The van der Waals surface area contributed by atoms with Gasteiger partial charge in [0.25, 0.3) is 0 Å². The third-order valence-electron chi connectivity index (χ3n) is 3.08. The van der Waals surface area contributed by atoms with Crippen molar-refractivity contribution in [1.82, 2.24) is 5.32 Å². The van der Waals surface area contributed by atoms with Crippen LogP contribution in [0, 0.1) is 0 Å². The lowest BCUT2D eigenvalue weighted by atomic mass is 10.1. The molecule has 0 amide bonds. The van der Waals surface area contributed by atoms with Crippen molar-refractivity contribution >= 4 is 23.2 Å². The number of halogens is 3. The molecule has 3 nitrogen and oxygen atoms in total. The number of rotatable bonds is 4. The molecule has 0 aliphatic rings. The molecule has 0 heterocycles. The zero-order valence-corrected chi connectivity index (χ0v) is 12.5. The SMILES string of the molecule is O=C(O)c1cccc(CNC(=S)c2cccc(C(F)(F)F)c2)c1. The van der Waals surface area contributed by atoms with Gasteiger partial charge in [0.1, 0.15) is 4.99 Å². The first-order valence-electron chi connectivity index (χ1n) is 6.55. The largest absolute Gasteiger partial charge is 0.478 e. The number of benzene rings is 2. The molecule has 0 aliphatic heterocycles. The Kier molecular flexibility index (Phi) is 5.00. The van der Waals surface area contributed by atoms with E-state index in [-0.39, 0.29) is 22.7 Å². The van der Waals surface area contributed by atoms with Crippen molar-refractivity contribution in [3.05, 3.63) is 70.8 Å². The molecule has 2 rings (SSSR count). The number of aromatic carboxylic acids is 1. The van der Waals surface area contributed by atoms with E-state index in [9.17, 15) is 18.0 Å². The number of nitrogens with one attached hydrogen (secondary N) is 1. The molecule has 0 radical (unpaired) electrons. The van der Waals surface area contributed by atoms with Crippen LogP contribution >= 0.6 is 12.2 Å². The van der Waals surface area contributed by atoms with E-state index in [1.165, 1.54) is 24.3 Å². The van der Waals surface area contributed by atoms with Gasteiger partial charge < -0.3 is 10.4 Å². The number of thiocarbonyl (C=S) groups is 1. The van der Waals surface area contributed by atoms with E-state index in [4.69, 9.17) is 17.3 Å². The summed E-state index contributed by atoms with van der Waals surface area (Å²) in [4.78, 5) is 11.1. The third-order valence-corrected chi connectivity index (χ3v) is 3.46. The minimum Gasteiger partial charge on any atom is -0.478 e. The molecule has 0 bridgehead atoms. The zero-order valence-electron chi connectivity index (χ0n) is 11.7. The maximum Gasteiger partial charge on any atom is 0.416 e. The Balaban J connectivity index is 2.08. The quantitative estimate of drug-likeness (QED) is 0.831. The Morgan fingerprint density at radius 2 is 1.74 bits per heavy atom. The summed E-state index contributed by atoms with van der Waals surface area (Å²) < 4.78 is 38.0. The average Bonchev–Trinajstić information content (AvgIpc) is 2.52. The van der Waals surface area contributed by atoms with Gasteiger partial charge in [-0.25, -0.2) is 4.79 Å². The van der Waals surface area contributed by atoms with Crippen molar-refractivity contribution in [3.63, 3.8) is 0 Å². The molecule has 0 aromatic heterocycles. The molecule has 0 saturated heterocycles. The van der Waals surface area contributed by atoms with E-state index in [0.29, 0.717) is 5.56 Å². The highest BCUT2D eigenvalue weighted by Crippen LogP contribution is 2.29. The predicted octanol–water partition coefficient (Wildman–Crippen LogP) is 3.87. The minimum absolute atomic E-state index is 0.134. The van der Waals surface area contributed by atoms with Crippen LogP contribution in [-0.4, -0.2) is 16.1 Å². The van der Waals surface area contributed by atoms with Crippen molar-refractivity contribution in [2.24, 2.45) is 0 Å². The maximum atomic E-state index is 12.7. The van der Waals surface area contributed by atoms with Gasteiger partial charge in [0.2, 0.25) is 0 Å². The van der Waals surface area contributed by atoms with Crippen LogP contribution in [0.1, 0.15) is 27.0 Å². The Labute approximate surface area is 135 Å². The van der Waals surface area contributed by atoms with Gasteiger partial charge in [-0.1, -0.05) is 36.5 Å². The molecule has 120 valence electrons. The number of alkyl halides is 3. The topological polar surface area (TPSA) is 49.3 Å². The Bertz CT molecular complexity index is 744. The van der Waals surface area contributed by atoms with Crippen molar-refractivity contribution < 1.29 is 23.1 Å². The van der Waals surface area contributed by atoms with Crippen LogP contribution in [0.5, 0.6) is 0 Å². The summed E-state index contributed by atoms with van der Waals surface area (Å²) in [6.45, 7) is 0.218. The highest BCUT2D eigenvalue weighted by atomic mass is 32.1. The molecule has 0 saturated carbocycles. The highest BCUT2D eigenvalue weighted by Gasteiger charge is 2.30. The van der Waals surface area contributed by atoms with Gasteiger partial charge in [0, 0.05) is 12.1 Å². The van der Waals surface area contributed by atoms with Crippen LogP contribution in [0.3, 0.4) is 0 Å². The summed E-state index contributed by atoms with van der Waals surface area (Å²) in [5.41, 5.74) is 0.282. The Morgan fingerprint density at radius 1 is 1.09 bits per heavy atom. The molecular weight excluding hydrogens is 327 g/mol. The molecular formula is C16H12F3NO2S. The monoisotopic (exact) mass is 339 g/mol. The first-order chi connectivity index (χ1) is 10.8. The van der Waals surface area contributed by atoms with Crippen LogP contribution in [0.4, 0.5) is 13.2 Å². The van der Waals surface area contributed by atoms with Gasteiger partial charge >= 0.3 is 12.1 Å². The highest BCUT2D eigenvalue weighted by molar-refractivity contribution is 7.80. The van der Waals surface area contributed by atoms with Gasteiger partial charge in [-0.15, -0.1) is 0 Å². The van der Waals surface area contributed by atoms with Gasteiger partial charge in [0.05, 0.1) is 11.1 Å². The number of carbonyl (C=O) groups is 1.